The highest BCUT2D eigenvalue weighted by molar-refractivity contribution is 5.97. The van der Waals surface area contributed by atoms with Crippen LogP contribution in [0.2, 0.25) is 0 Å². The highest BCUT2D eigenvalue weighted by Crippen LogP contribution is 2.30. The van der Waals surface area contributed by atoms with Gasteiger partial charge in [0, 0.05) is 19.1 Å². The van der Waals surface area contributed by atoms with Crippen molar-refractivity contribution in [3.05, 3.63) is 29.8 Å². The van der Waals surface area contributed by atoms with Crippen LogP contribution in [0.1, 0.15) is 16.8 Å². The summed E-state index contributed by atoms with van der Waals surface area (Å²) < 4.78 is 54.4. The number of alkyl halides is 4. The van der Waals surface area contributed by atoms with E-state index in [4.69, 9.17) is 5.73 Å². The Labute approximate surface area is 118 Å². The van der Waals surface area contributed by atoms with Crippen LogP contribution in [-0.2, 0) is 0 Å². The van der Waals surface area contributed by atoms with E-state index in [0.29, 0.717) is 19.5 Å². The second kappa shape index (κ2) is 5.88. The van der Waals surface area contributed by atoms with Crippen LogP contribution in [0, 0.1) is 0 Å². The number of hydrogen-bond acceptors (Lipinski definition) is 3. The molecule has 1 aliphatic rings. The van der Waals surface area contributed by atoms with Gasteiger partial charge >= 0.3 is 12.5 Å². The Morgan fingerprint density at radius 3 is 2.62 bits per heavy atom. The SMILES string of the molecule is NC1CCN(C(=O)c2ccccc2OC(F)(F)C(F)F)C1. The van der Waals surface area contributed by atoms with Crippen molar-refractivity contribution in [2.45, 2.75) is 25.0 Å². The van der Waals surface area contributed by atoms with Gasteiger partial charge in [0.05, 0.1) is 5.56 Å². The fourth-order valence-electron chi connectivity index (χ4n) is 2.07. The van der Waals surface area contributed by atoms with Crippen molar-refractivity contribution in [3.63, 3.8) is 0 Å². The number of likely N-dealkylation sites (tertiary alicyclic amines) is 1. The van der Waals surface area contributed by atoms with E-state index in [1.54, 1.807) is 0 Å². The predicted molar refractivity (Wildman–Crippen MR) is 66.5 cm³/mol. The zero-order chi connectivity index (χ0) is 15.6. The Hall–Kier alpha value is -1.83. The lowest BCUT2D eigenvalue weighted by atomic mass is 10.1. The minimum atomic E-state index is -4.65. The maximum Gasteiger partial charge on any atom is 0.461 e. The third kappa shape index (κ3) is 3.44. The maximum absolute atomic E-state index is 13.0. The molecule has 0 radical (unpaired) electrons. The molecular weight excluding hydrogens is 292 g/mol. The fourth-order valence-corrected chi connectivity index (χ4v) is 2.07. The molecule has 0 spiro atoms. The van der Waals surface area contributed by atoms with Crippen molar-refractivity contribution in [1.82, 2.24) is 4.90 Å². The first-order chi connectivity index (χ1) is 9.81. The molecule has 2 N–H and O–H groups in total. The Kier molecular flexibility index (Phi) is 4.36. The van der Waals surface area contributed by atoms with Crippen LogP contribution < -0.4 is 10.5 Å². The summed E-state index contributed by atoms with van der Waals surface area (Å²) in [7, 11) is 0. The number of benzene rings is 1. The molecule has 1 aromatic carbocycles. The number of nitrogens with two attached hydrogens (primary N) is 1. The van der Waals surface area contributed by atoms with E-state index >= 15 is 0 Å². The summed E-state index contributed by atoms with van der Waals surface area (Å²) in [5, 5.41) is 0. The molecule has 0 aromatic heterocycles. The number of ether oxygens (including phenoxy) is 1. The van der Waals surface area contributed by atoms with Crippen molar-refractivity contribution >= 4 is 5.91 Å². The lowest BCUT2D eigenvalue weighted by Crippen LogP contribution is -2.35. The van der Waals surface area contributed by atoms with Crippen LogP contribution in [0.15, 0.2) is 24.3 Å². The molecule has 0 saturated carbocycles. The topological polar surface area (TPSA) is 55.6 Å². The molecule has 1 saturated heterocycles. The summed E-state index contributed by atoms with van der Waals surface area (Å²) in [6.07, 6.45) is -8.04. The second-order valence-corrected chi connectivity index (χ2v) is 4.76. The first kappa shape index (κ1) is 15.6. The Morgan fingerprint density at radius 2 is 2.05 bits per heavy atom. The predicted octanol–water partition coefficient (Wildman–Crippen LogP) is 2.10. The molecule has 1 aliphatic heterocycles. The van der Waals surface area contributed by atoms with E-state index in [-0.39, 0.29) is 11.6 Å². The molecule has 1 heterocycles. The van der Waals surface area contributed by atoms with Crippen LogP contribution >= 0.6 is 0 Å². The molecule has 0 bridgehead atoms. The van der Waals surface area contributed by atoms with Crippen molar-refractivity contribution in [3.8, 4) is 5.75 Å². The quantitative estimate of drug-likeness (QED) is 0.867. The molecule has 21 heavy (non-hydrogen) atoms. The van der Waals surface area contributed by atoms with Gasteiger partial charge in [-0.2, -0.15) is 17.6 Å². The second-order valence-electron chi connectivity index (χ2n) is 4.76. The van der Waals surface area contributed by atoms with Gasteiger partial charge < -0.3 is 15.4 Å². The van der Waals surface area contributed by atoms with Crippen LogP contribution in [0.5, 0.6) is 5.75 Å². The lowest BCUT2D eigenvalue weighted by Gasteiger charge is -2.21. The summed E-state index contributed by atoms with van der Waals surface area (Å²) in [5.41, 5.74) is 5.49. The number of rotatable bonds is 4. The molecule has 116 valence electrons. The molecule has 1 fully saturated rings. The van der Waals surface area contributed by atoms with Crippen molar-refractivity contribution < 1.29 is 27.1 Å². The van der Waals surface area contributed by atoms with Crippen molar-refractivity contribution in [2.24, 2.45) is 5.73 Å². The van der Waals surface area contributed by atoms with E-state index in [0.717, 1.165) is 6.07 Å². The first-order valence-electron chi connectivity index (χ1n) is 6.30. The monoisotopic (exact) mass is 306 g/mol. The van der Waals surface area contributed by atoms with Crippen LogP contribution in [-0.4, -0.2) is 42.5 Å². The van der Waals surface area contributed by atoms with Gasteiger partial charge in [-0.3, -0.25) is 4.79 Å². The Bertz CT molecular complexity index is 525. The highest BCUT2D eigenvalue weighted by Gasteiger charge is 2.44. The van der Waals surface area contributed by atoms with Gasteiger partial charge in [-0.25, -0.2) is 0 Å². The van der Waals surface area contributed by atoms with Crippen molar-refractivity contribution in [1.29, 1.82) is 0 Å². The van der Waals surface area contributed by atoms with Crippen LogP contribution in [0.3, 0.4) is 0 Å². The zero-order valence-corrected chi connectivity index (χ0v) is 10.9. The average Bonchev–Trinajstić information content (AvgIpc) is 2.84. The van der Waals surface area contributed by atoms with Gasteiger partial charge in [-0.05, 0) is 18.6 Å². The summed E-state index contributed by atoms with van der Waals surface area (Å²) in [6.45, 7) is 0.679. The molecule has 1 unspecified atom stereocenters. The summed E-state index contributed by atoms with van der Waals surface area (Å²) >= 11 is 0. The number of amides is 1. The molecule has 1 aromatic rings. The van der Waals surface area contributed by atoms with Crippen LogP contribution in [0.25, 0.3) is 0 Å². The minimum Gasteiger partial charge on any atom is -0.427 e. The van der Waals surface area contributed by atoms with Gasteiger partial charge in [0.2, 0.25) is 0 Å². The molecule has 1 atom stereocenters. The van der Waals surface area contributed by atoms with E-state index in [1.807, 2.05) is 0 Å². The number of nitrogens with zero attached hydrogens (tertiary/aromatic N) is 1. The molecule has 8 heteroatoms. The summed E-state index contributed by atoms with van der Waals surface area (Å²) in [5.74, 6) is -1.14. The fraction of sp³-hybridized carbons (Fsp3) is 0.462. The Balaban J connectivity index is 2.23. The van der Waals surface area contributed by atoms with Crippen molar-refractivity contribution in [2.75, 3.05) is 13.1 Å². The molecule has 4 nitrogen and oxygen atoms in total. The van der Waals surface area contributed by atoms with E-state index in [2.05, 4.69) is 4.74 Å². The number of carbonyl (C=O) groups excluding carboxylic acids is 1. The number of hydrogen-bond donors (Lipinski definition) is 1. The summed E-state index contributed by atoms with van der Waals surface area (Å²) in [4.78, 5) is 13.6. The normalized spacial score (nSPS) is 19.1. The van der Waals surface area contributed by atoms with Gasteiger partial charge in [-0.15, -0.1) is 0 Å². The van der Waals surface area contributed by atoms with Crippen LogP contribution in [0.4, 0.5) is 17.6 Å². The molecule has 0 aliphatic carbocycles. The molecule has 2 rings (SSSR count). The van der Waals surface area contributed by atoms with Gasteiger partial charge in [-0.1, -0.05) is 12.1 Å². The largest absolute Gasteiger partial charge is 0.461 e. The average molecular weight is 306 g/mol. The smallest absolute Gasteiger partial charge is 0.427 e. The maximum atomic E-state index is 13.0. The van der Waals surface area contributed by atoms with Gasteiger partial charge in [0.25, 0.3) is 5.91 Å². The van der Waals surface area contributed by atoms with Gasteiger partial charge in [0.15, 0.2) is 0 Å². The summed E-state index contributed by atoms with van der Waals surface area (Å²) in [6, 6.07) is 4.90. The number of para-hydroxylation sites is 1. The Morgan fingerprint density at radius 1 is 1.38 bits per heavy atom. The molecular formula is C13H14F4N2O2. The third-order valence-corrected chi connectivity index (χ3v) is 3.13. The lowest BCUT2D eigenvalue weighted by molar-refractivity contribution is -0.253. The minimum absolute atomic E-state index is 0.176. The highest BCUT2D eigenvalue weighted by atomic mass is 19.3. The van der Waals surface area contributed by atoms with E-state index in [1.165, 1.54) is 23.1 Å². The van der Waals surface area contributed by atoms with E-state index in [9.17, 15) is 22.4 Å². The molecule has 1 amide bonds. The zero-order valence-electron chi connectivity index (χ0n) is 10.9. The number of carbonyl (C=O) groups is 1. The van der Waals surface area contributed by atoms with E-state index < -0.39 is 24.2 Å². The number of halogens is 4. The third-order valence-electron chi connectivity index (χ3n) is 3.13. The standard InChI is InChI=1S/C13H14F4N2O2/c14-12(15)13(16,17)21-10-4-2-1-3-9(10)11(20)19-6-5-8(18)7-19/h1-4,8,12H,5-7,18H2. The van der Waals surface area contributed by atoms with Gasteiger partial charge in [0.1, 0.15) is 5.75 Å². The first-order valence-corrected chi connectivity index (χ1v) is 6.30.